The Morgan fingerprint density at radius 2 is 2.11 bits per heavy atom. The van der Waals surface area contributed by atoms with Crippen molar-refractivity contribution in [2.24, 2.45) is 11.3 Å². The second-order valence-electron chi connectivity index (χ2n) is 5.59. The monoisotopic (exact) mass is 270 g/mol. The van der Waals surface area contributed by atoms with Crippen LogP contribution in [0.25, 0.3) is 0 Å². The summed E-state index contributed by atoms with van der Waals surface area (Å²) < 4.78 is 0. The average Bonchev–Trinajstić information content (AvgIpc) is 2.43. The van der Waals surface area contributed by atoms with E-state index >= 15 is 0 Å². The maximum atomic E-state index is 12.5. The van der Waals surface area contributed by atoms with Crippen molar-refractivity contribution in [1.82, 2.24) is 10.6 Å². The van der Waals surface area contributed by atoms with Crippen LogP contribution in [-0.4, -0.2) is 36.1 Å². The zero-order valence-corrected chi connectivity index (χ0v) is 12.2. The van der Waals surface area contributed by atoms with Crippen LogP contribution in [0.3, 0.4) is 0 Å². The quantitative estimate of drug-likeness (QED) is 0.681. The summed E-state index contributed by atoms with van der Waals surface area (Å²) in [6, 6.07) is -0.789. The third-order valence-electron chi connectivity index (χ3n) is 4.40. The Bertz CT molecular complexity index is 325. The van der Waals surface area contributed by atoms with E-state index < -0.39 is 17.4 Å². The molecule has 3 N–H and O–H groups in total. The highest BCUT2D eigenvalue weighted by Gasteiger charge is 2.40. The first-order chi connectivity index (χ1) is 8.96. The van der Waals surface area contributed by atoms with Gasteiger partial charge in [0.05, 0.1) is 5.41 Å². The van der Waals surface area contributed by atoms with E-state index in [1.165, 1.54) is 0 Å². The fourth-order valence-electron chi connectivity index (χ4n) is 2.60. The molecule has 5 heteroatoms. The van der Waals surface area contributed by atoms with Crippen molar-refractivity contribution < 1.29 is 14.7 Å². The molecule has 1 aliphatic heterocycles. The molecule has 0 saturated carbocycles. The topological polar surface area (TPSA) is 78.4 Å². The molecule has 1 heterocycles. The van der Waals surface area contributed by atoms with Gasteiger partial charge in [-0.25, -0.2) is 4.79 Å². The van der Waals surface area contributed by atoms with Gasteiger partial charge in [0.25, 0.3) is 0 Å². The van der Waals surface area contributed by atoms with E-state index in [0.717, 1.165) is 32.2 Å². The Morgan fingerprint density at radius 1 is 1.42 bits per heavy atom. The molecule has 3 unspecified atom stereocenters. The lowest BCUT2D eigenvalue weighted by Crippen LogP contribution is -2.55. The molecular weight excluding hydrogens is 244 g/mol. The second kappa shape index (κ2) is 6.89. The number of carboxylic acid groups (broad SMARTS) is 1. The van der Waals surface area contributed by atoms with Crippen molar-refractivity contribution in [2.75, 3.05) is 13.1 Å². The van der Waals surface area contributed by atoms with Gasteiger partial charge in [0.1, 0.15) is 6.04 Å². The first kappa shape index (κ1) is 16.0. The van der Waals surface area contributed by atoms with Crippen LogP contribution in [0.1, 0.15) is 46.5 Å². The van der Waals surface area contributed by atoms with Gasteiger partial charge in [-0.05, 0) is 31.7 Å². The standard InChI is InChI=1S/C14H26N2O3/c1-4-10(3)11(12(17)18)16-13(19)14(5-2)7-6-8-15-9-14/h10-11,15H,4-9H2,1-3H3,(H,16,19)(H,17,18). The van der Waals surface area contributed by atoms with Crippen molar-refractivity contribution in [3.05, 3.63) is 0 Å². The third kappa shape index (κ3) is 3.69. The van der Waals surface area contributed by atoms with Crippen LogP contribution in [0.15, 0.2) is 0 Å². The van der Waals surface area contributed by atoms with Crippen LogP contribution < -0.4 is 10.6 Å². The number of aliphatic carboxylic acids is 1. The minimum absolute atomic E-state index is 0.0631. The van der Waals surface area contributed by atoms with E-state index in [-0.39, 0.29) is 11.8 Å². The molecule has 1 amide bonds. The third-order valence-corrected chi connectivity index (χ3v) is 4.40. The first-order valence-corrected chi connectivity index (χ1v) is 7.21. The molecule has 1 rings (SSSR count). The number of piperidine rings is 1. The fourth-order valence-corrected chi connectivity index (χ4v) is 2.60. The van der Waals surface area contributed by atoms with Gasteiger partial charge < -0.3 is 15.7 Å². The van der Waals surface area contributed by atoms with E-state index in [1.807, 2.05) is 20.8 Å². The molecule has 1 fully saturated rings. The molecular formula is C14H26N2O3. The fraction of sp³-hybridized carbons (Fsp3) is 0.857. The minimum Gasteiger partial charge on any atom is -0.480 e. The van der Waals surface area contributed by atoms with Gasteiger partial charge in [-0.15, -0.1) is 0 Å². The van der Waals surface area contributed by atoms with Crippen LogP contribution in [0.2, 0.25) is 0 Å². The number of carbonyl (C=O) groups is 2. The number of nitrogens with one attached hydrogen (secondary N) is 2. The van der Waals surface area contributed by atoms with E-state index in [1.54, 1.807) is 0 Å². The zero-order valence-electron chi connectivity index (χ0n) is 12.2. The smallest absolute Gasteiger partial charge is 0.326 e. The summed E-state index contributed by atoms with van der Waals surface area (Å²) >= 11 is 0. The van der Waals surface area contributed by atoms with E-state index in [9.17, 15) is 14.7 Å². The molecule has 0 aliphatic carbocycles. The summed E-state index contributed by atoms with van der Waals surface area (Å²) in [5.41, 5.74) is -0.445. The molecule has 1 saturated heterocycles. The van der Waals surface area contributed by atoms with Gasteiger partial charge in [-0.1, -0.05) is 27.2 Å². The Kier molecular flexibility index (Phi) is 5.79. The Labute approximate surface area is 115 Å². The van der Waals surface area contributed by atoms with Gasteiger partial charge in [0, 0.05) is 6.54 Å². The van der Waals surface area contributed by atoms with E-state index in [0.29, 0.717) is 6.54 Å². The average molecular weight is 270 g/mol. The maximum Gasteiger partial charge on any atom is 0.326 e. The summed E-state index contributed by atoms with van der Waals surface area (Å²) in [7, 11) is 0. The number of rotatable bonds is 6. The molecule has 5 nitrogen and oxygen atoms in total. The summed E-state index contributed by atoms with van der Waals surface area (Å²) in [6.45, 7) is 7.36. The van der Waals surface area contributed by atoms with Gasteiger partial charge in [-0.3, -0.25) is 4.79 Å². The summed E-state index contributed by atoms with van der Waals surface area (Å²) in [5, 5.41) is 15.2. The molecule has 0 spiro atoms. The number of hydrogen-bond donors (Lipinski definition) is 3. The first-order valence-electron chi connectivity index (χ1n) is 7.21. The molecule has 0 radical (unpaired) electrons. The normalized spacial score (nSPS) is 26.5. The van der Waals surface area contributed by atoms with Crippen LogP contribution in [0, 0.1) is 11.3 Å². The number of carboxylic acids is 1. The van der Waals surface area contributed by atoms with Crippen LogP contribution in [-0.2, 0) is 9.59 Å². The molecule has 0 bridgehead atoms. The largest absolute Gasteiger partial charge is 0.480 e. The predicted molar refractivity (Wildman–Crippen MR) is 73.8 cm³/mol. The van der Waals surface area contributed by atoms with Crippen LogP contribution in [0.5, 0.6) is 0 Å². The van der Waals surface area contributed by atoms with Gasteiger partial charge >= 0.3 is 5.97 Å². The molecule has 110 valence electrons. The summed E-state index contributed by atoms with van der Waals surface area (Å²) in [6.07, 6.45) is 3.25. The van der Waals surface area contributed by atoms with Crippen molar-refractivity contribution in [3.8, 4) is 0 Å². The lowest BCUT2D eigenvalue weighted by atomic mass is 9.77. The minimum atomic E-state index is -0.947. The summed E-state index contributed by atoms with van der Waals surface area (Å²) in [5.74, 6) is -1.13. The van der Waals surface area contributed by atoms with Crippen molar-refractivity contribution in [1.29, 1.82) is 0 Å². The lowest BCUT2D eigenvalue weighted by Gasteiger charge is -2.36. The highest BCUT2D eigenvalue weighted by atomic mass is 16.4. The Morgan fingerprint density at radius 3 is 2.53 bits per heavy atom. The SMILES string of the molecule is CCC(C)C(NC(=O)C1(CC)CCCNC1)C(=O)O. The van der Waals surface area contributed by atoms with Crippen molar-refractivity contribution in [2.45, 2.75) is 52.5 Å². The highest BCUT2D eigenvalue weighted by Crippen LogP contribution is 2.30. The highest BCUT2D eigenvalue weighted by molar-refractivity contribution is 5.87. The van der Waals surface area contributed by atoms with Crippen molar-refractivity contribution in [3.63, 3.8) is 0 Å². The van der Waals surface area contributed by atoms with Gasteiger partial charge in [0.15, 0.2) is 0 Å². The molecule has 3 atom stereocenters. The molecule has 19 heavy (non-hydrogen) atoms. The molecule has 0 aromatic heterocycles. The zero-order chi connectivity index (χ0) is 14.5. The molecule has 1 aliphatic rings. The molecule has 0 aromatic rings. The Hall–Kier alpha value is -1.10. The second-order valence-corrected chi connectivity index (χ2v) is 5.59. The number of amides is 1. The van der Waals surface area contributed by atoms with Gasteiger partial charge in [-0.2, -0.15) is 0 Å². The van der Waals surface area contributed by atoms with E-state index in [4.69, 9.17) is 0 Å². The Balaban J connectivity index is 2.77. The number of hydrogen-bond acceptors (Lipinski definition) is 3. The predicted octanol–water partition coefficient (Wildman–Crippen LogP) is 1.38. The summed E-state index contributed by atoms with van der Waals surface area (Å²) in [4.78, 5) is 23.8. The van der Waals surface area contributed by atoms with Crippen LogP contribution >= 0.6 is 0 Å². The number of carbonyl (C=O) groups excluding carboxylic acids is 1. The maximum absolute atomic E-state index is 12.5. The van der Waals surface area contributed by atoms with Gasteiger partial charge in [0.2, 0.25) is 5.91 Å². The van der Waals surface area contributed by atoms with Crippen molar-refractivity contribution >= 4 is 11.9 Å². The van der Waals surface area contributed by atoms with Crippen LogP contribution in [0.4, 0.5) is 0 Å². The lowest BCUT2D eigenvalue weighted by molar-refractivity contribution is -0.146. The van der Waals surface area contributed by atoms with E-state index in [2.05, 4.69) is 10.6 Å². The molecule has 0 aromatic carbocycles.